The number of nitrogens with zero attached hydrogens (tertiary/aromatic N) is 1. The molecule has 2 amide bonds. The van der Waals surface area contributed by atoms with Crippen molar-refractivity contribution >= 4 is 26.0 Å². The number of carbonyl (C=O) groups is 2. The van der Waals surface area contributed by atoms with E-state index in [1.807, 2.05) is 42.5 Å². The number of imide groups is 1. The fraction of sp³-hybridized carbons (Fsp3) is 0.448. The molecule has 0 spiro atoms. The largest absolute Gasteiger partial charge is 0.443 e. The van der Waals surface area contributed by atoms with Gasteiger partial charge >= 0.3 is 6.09 Å². The fourth-order valence-electron chi connectivity index (χ4n) is 3.98. The van der Waals surface area contributed by atoms with E-state index in [0.717, 1.165) is 10.5 Å². The molecule has 1 heterocycles. The van der Waals surface area contributed by atoms with Crippen LogP contribution in [0.1, 0.15) is 58.7 Å². The number of nitrogens with one attached hydrogen (secondary N) is 1. The van der Waals surface area contributed by atoms with Gasteiger partial charge in [0, 0.05) is 5.56 Å². The molecular weight excluding hydrogens is 468 g/mol. The third kappa shape index (κ3) is 5.48. The highest BCUT2D eigenvalue weighted by Gasteiger charge is 2.53. The second kappa shape index (κ2) is 9.96. The maximum atomic E-state index is 14.0. The predicted molar refractivity (Wildman–Crippen MR) is 148 cm³/mol. The zero-order valence-corrected chi connectivity index (χ0v) is 23.8. The fourth-order valence-corrected chi connectivity index (χ4v) is 4.99. The molecule has 2 atom stereocenters. The molecule has 1 aliphatic heterocycles. The quantitative estimate of drug-likeness (QED) is 0.333. The van der Waals surface area contributed by atoms with E-state index >= 15 is 0 Å². The summed E-state index contributed by atoms with van der Waals surface area (Å²) in [7, 11) is -2.07. The van der Waals surface area contributed by atoms with Crippen LogP contribution in [0.15, 0.2) is 67.3 Å². The Morgan fingerprint density at radius 3 is 2.19 bits per heavy atom. The van der Waals surface area contributed by atoms with E-state index < -0.39 is 31.5 Å². The Hall–Kier alpha value is -2.74. The third-order valence-corrected chi connectivity index (χ3v) is 11.5. The van der Waals surface area contributed by atoms with Crippen LogP contribution in [0.25, 0.3) is 0 Å². The van der Waals surface area contributed by atoms with Gasteiger partial charge in [-0.3, -0.25) is 10.1 Å². The first-order chi connectivity index (χ1) is 16.6. The highest BCUT2D eigenvalue weighted by Crippen LogP contribution is 2.44. The minimum absolute atomic E-state index is 0.0354. The van der Waals surface area contributed by atoms with Gasteiger partial charge in [0.25, 0.3) is 5.91 Å². The Labute approximate surface area is 216 Å². The van der Waals surface area contributed by atoms with E-state index in [9.17, 15) is 9.59 Å². The molecule has 0 radical (unpaired) electrons. The Morgan fingerprint density at radius 2 is 1.64 bits per heavy atom. The van der Waals surface area contributed by atoms with Gasteiger partial charge in [-0.1, -0.05) is 75.4 Å². The highest BCUT2D eigenvalue weighted by molar-refractivity contribution is 6.74. The number of anilines is 1. The van der Waals surface area contributed by atoms with Crippen molar-refractivity contribution in [2.45, 2.75) is 76.9 Å². The molecule has 194 valence electrons. The van der Waals surface area contributed by atoms with Crippen molar-refractivity contribution in [1.82, 2.24) is 5.32 Å². The molecule has 0 unspecified atom stereocenters. The lowest BCUT2D eigenvalue weighted by Crippen LogP contribution is -2.53. The van der Waals surface area contributed by atoms with E-state index in [4.69, 9.17) is 9.16 Å². The maximum Gasteiger partial charge on any atom is 0.421 e. The van der Waals surface area contributed by atoms with E-state index in [0.29, 0.717) is 17.9 Å². The summed E-state index contributed by atoms with van der Waals surface area (Å²) in [5.41, 5.74) is 0.0527. The van der Waals surface area contributed by atoms with Crippen LogP contribution >= 0.6 is 0 Å². The van der Waals surface area contributed by atoms with Crippen molar-refractivity contribution in [2.75, 3.05) is 11.5 Å². The monoisotopic (exact) mass is 508 g/mol. The summed E-state index contributed by atoms with van der Waals surface area (Å²) < 4.78 is 12.2. The summed E-state index contributed by atoms with van der Waals surface area (Å²) >= 11 is 0. The standard InChI is InChI=1S/C29H40N2O4Si/c1-10-29(22-18-14-15-19-24(22)31(25(29)32)26(33)35-27(2,3)4)30-23(21-16-12-11-13-17-21)20-34-36(8,9)28(5,6)7/h10-19,23,30H,1,20H2,2-9H3/t23-,29-/m0/s1. The van der Waals surface area contributed by atoms with E-state index in [-0.39, 0.29) is 11.1 Å². The minimum Gasteiger partial charge on any atom is -0.443 e. The second-order valence-electron chi connectivity index (χ2n) is 11.8. The van der Waals surface area contributed by atoms with Crippen molar-refractivity contribution < 1.29 is 18.8 Å². The van der Waals surface area contributed by atoms with Gasteiger partial charge in [0.05, 0.1) is 18.3 Å². The molecule has 3 rings (SSSR count). The second-order valence-corrected chi connectivity index (χ2v) is 16.6. The third-order valence-electron chi connectivity index (χ3n) is 7.01. The summed E-state index contributed by atoms with van der Waals surface area (Å²) in [6, 6.07) is 16.9. The highest BCUT2D eigenvalue weighted by atomic mass is 28.4. The number of benzene rings is 2. The Balaban J connectivity index is 2.04. The van der Waals surface area contributed by atoms with Crippen molar-refractivity contribution in [2.24, 2.45) is 0 Å². The number of ether oxygens (including phenoxy) is 1. The molecule has 0 aliphatic carbocycles. The SMILES string of the molecule is C=C[C@@]1(N[C@@H](CO[Si](C)(C)C(C)(C)C)c2ccccc2)C(=O)N(C(=O)OC(C)(C)C)c2ccccc21. The number of hydrogen-bond acceptors (Lipinski definition) is 5. The van der Waals surface area contributed by atoms with Crippen molar-refractivity contribution in [3.8, 4) is 0 Å². The van der Waals surface area contributed by atoms with Crippen molar-refractivity contribution in [3.05, 3.63) is 78.4 Å². The summed E-state index contributed by atoms with van der Waals surface area (Å²) in [4.78, 5) is 28.3. The van der Waals surface area contributed by atoms with Crippen LogP contribution < -0.4 is 10.2 Å². The Bertz CT molecular complexity index is 1120. The first-order valence-corrected chi connectivity index (χ1v) is 15.3. The van der Waals surface area contributed by atoms with Gasteiger partial charge < -0.3 is 9.16 Å². The lowest BCUT2D eigenvalue weighted by molar-refractivity contribution is -0.122. The smallest absolute Gasteiger partial charge is 0.421 e. The van der Waals surface area contributed by atoms with E-state index in [1.54, 1.807) is 39.0 Å². The molecule has 0 saturated heterocycles. The number of rotatable bonds is 7. The molecule has 1 N–H and O–H groups in total. The van der Waals surface area contributed by atoms with Gasteiger partial charge in [-0.2, -0.15) is 0 Å². The average molecular weight is 509 g/mol. The summed E-state index contributed by atoms with van der Waals surface area (Å²) in [6.07, 6.45) is 0.875. The molecule has 36 heavy (non-hydrogen) atoms. The zero-order valence-electron chi connectivity index (χ0n) is 22.8. The van der Waals surface area contributed by atoms with Crippen LogP contribution in [-0.4, -0.2) is 32.5 Å². The average Bonchev–Trinajstić information content (AvgIpc) is 3.03. The number of para-hydroxylation sites is 1. The summed E-state index contributed by atoms with van der Waals surface area (Å²) in [6.45, 7) is 20.8. The van der Waals surface area contributed by atoms with Gasteiger partial charge in [-0.25, -0.2) is 9.69 Å². The van der Waals surface area contributed by atoms with Gasteiger partial charge in [0.1, 0.15) is 11.1 Å². The summed E-state index contributed by atoms with van der Waals surface area (Å²) in [5, 5.41) is 3.59. The van der Waals surface area contributed by atoms with Gasteiger partial charge in [0.15, 0.2) is 8.32 Å². The van der Waals surface area contributed by atoms with E-state index in [1.165, 1.54) is 0 Å². The molecule has 0 aromatic heterocycles. The first-order valence-electron chi connectivity index (χ1n) is 12.4. The number of fused-ring (bicyclic) bond motifs is 1. The van der Waals surface area contributed by atoms with Crippen molar-refractivity contribution in [1.29, 1.82) is 0 Å². The Morgan fingerprint density at radius 1 is 1.06 bits per heavy atom. The van der Waals surface area contributed by atoms with Crippen LogP contribution in [0.2, 0.25) is 18.1 Å². The lowest BCUT2D eigenvalue weighted by atomic mass is 9.89. The normalized spacial score (nSPS) is 19.1. The van der Waals surface area contributed by atoms with E-state index in [2.05, 4.69) is 45.8 Å². The Kier molecular flexibility index (Phi) is 7.70. The van der Waals surface area contributed by atoms with Gasteiger partial charge in [0.2, 0.25) is 0 Å². The minimum atomic E-state index is -2.07. The molecule has 0 bridgehead atoms. The summed E-state index contributed by atoms with van der Waals surface area (Å²) in [5.74, 6) is -0.443. The maximum absolute atomic E-state index is 14.0. The van der Waals surface area contributed by atoms with Crippen LogP contribution in [0.5, 0.6) is 0 Å². The van der Waals surface area contributed by atoms with Crippen molar-refractivity contribution in [3.63, 3.8) is 0 Å². The van der Waals surface area contributed by atoms with Crippen LogP contribution in [-0.2, 0) is 19.5 Å². The molecule has 2 aromatic rings. The predicted octanol–water partition coefficient (Wildman–Crippen LogP) is 6.70. The van der Waals surface area contributed by atoms with Gasteiger partial charge in [-0.15, -0.1) is 6.58 Å². The zero-order chi connectivity index (χ0) is 26.9. The number of carbonyl (C=O) groups excluding carboxylic acids is 2. The molecular formula is C29H40N2O4Si. The van der Waals surface area contributed by atoms with Crippen LogP contribution in [0, 0.1) is 0 Å². The topological polar surface area (TPSA) is 67.9 Å². The van der Waals surface area contributed by atoms with Crippen LogP contribution in [0.3, 0.4) is 0 Å². The molecule has 0 fully saturated rings. The molecule has 0 saturated carbocycles. The number of amides is 2. The molecule has 1 aliphatic rings. The van der Waals surface area contributed by atoms with Gasteiger partial charge in [-0.05, 0) is 50.5 Å². The molecule has 7 heteroatoms. The molecule has 6 nitrogen and oxygen atoms in total. The lowest BCUT2D eigenvalue weighted by Gasteiger charge is -2.39. The number of hydrogen-bond donors (Lipinski definition) is 1. The first kappa shape index (κ1) is 27.8. The molecule has 2 aromatic carbocycles. The van der Waals surface area contributed by atoms with Crippen LogP contribution in [0.4, 0.5) is 10.5 Å².